The zero-order valence-electron chi connectivity index (χ0n) is 10.5. The highest BCUT2D eigenvalue weighted by Gasteiger charge is 2.26. The molecule has 0 atom stereocenters. The van der Waals surface area contributed by atoms with Crippen LogP contribution >= 0.6 is 0 Å². The Morgan fingerprint density at radius 3 is 2.17 bits per heavy atom. The van der Waals surface area contributed by atoms with Gasteiger partial charge in [0.15, 0.2) is 5.92 Å². The lowest BCUT2D eigenvalue weighted by atomic mass is 10.1. The van der Waals surface area contributed by atoms with E-state index in [1.54, 1.807) is 12.2 Å². The third-order valence-electron chi connectivity index (χ3n) is 2.21. The van der Waals surface area contributed by atoms with Crippen LogP contribution in [0.5, 0.6) is 0 Å². The topological polar surface area (TPSA) is 69.7 Å². The summed E-state index contributed by atoms with van der Waals surface area (Å²) in [4.78, 5) is 33.4. The molecule has 0 aliphatic heterocycles. The van der Waals surface area contributed by atoms with Gasteiger partial charge in [0.05, 0.1) is 14.2 Å². The molecule has 0 aromatic heterocycles. The van der Waals surface area contributed by atoms with Gasteiger partial charge in [-0.05, 0) is 18.8 Å². The van der Waals surface area contributed by atoms with Crippen molar-refractivity contribution in [2.75, 3.05) is 14.2 Å². The highest BCUT2D eigenvalue weighted by atomic mass is 16.5. The molecule has 0 fully saturated rings. The third-order valence-corrected chi connectivity index (χ3v) is 2.21. The van der Waals surface area contributed by atoms with E-state index >= 15 is 0 Å². The lowest BCUT2D eigenvalue weighted by Gasteiger charge is -2.09. The Bertz CT molecular complexity index is 359. The van der Waals surface area contributed by atoms with Gasteiger partial charge in [-0.25, -0.2) is 0 Å². The molecule has 5 heteroatoms. The van der Waals surface area contributed by atoms with E-state index in [2.05, 4.69) is 9.47 Å². The average Bonchev–Trinajstić information content (AvgIpc) is 2.40. The number of carbonyl (C=O) groups is 3. The molecular formula is C13H16O5. The van der Waals surface area contributed by atoms with Gasteiger partial charge < -0.3 is 9.47 Å². The molecule has 0 amide bonds. The Morgan fingerprint density at radius 1 is 1.17 bits per heavy atom. The van der Waals surface area contributed by atoms with E-state index in [-0.39, 0.29) is 18.6 Å². The third kappa shape index (κ3) is 5.85. The van der Waals surface area contributed by atoms with Crippen molar-refractivity contribution < 1.29 is 23.9 Å². The monoisotopic (exact) mass is 252 g/mol. The summed E-state index contributed by atoms with van der Waals surface area (Å²) in [6, 6.07) is 0. The van der Waals surface area contributed by atoms with Crippen LogP contribution < -0.4 is 0 Å². The number of allylic oxidation sites excluding steroid dienone is 2. The minimum absolute atomic E-state index is 0.170. The summed E-state index contributed by atoms with van der Waals surface area (Å²) < 4.78 is 8.99. The van der Waals surface area contributed by atoms with Crippen molar-refractivity contribution in [1.82, 2.24) is 0 Å². The quantitative estimate of drug-likeness (QED) is 0.221. The summed E-state index contributed by atoms with van der Waals surface area (Å²) in [6.07, 6.45) is 9.11. The molecule has 0 aromatic carbocycles. The maximum Gasteiger partial charge on any atom is 0.320 e. The van der Waals surface area contributed by atoms with Gasteiger partial charge in [-0.2, -0.15) is 0 Å². The summed E-state index contributed by atoms with van der Waals surface area (Å²) in [5.74, 6) is -0.549. The smallest absolute Gasteiger partial charge is 0.320 e. The van der Waals surface area contributed by atoms with Gasteiger partial charge in [-0.1, -0.05) is 12.2 Å². The average molecular weight is 252 g/mol. The van der Waals surface area contributed by atoms with Gasteiger partial charge in [0.1, 0.15) is 0 Å². The van der Waals surface area contributed by atoms with Gasteiger partial charge in [0, 0.05) is 6.42 Å². The molecule has 0 rings (SSSR count). The highest BCUT2D eigenvalue weighted by molar-refractivity contribution is 5.95. The number of terminal acetylenes is 1. The first-order chi connectivity index (χ1) is 8.56. The summed E-state index contributed by atoms with van der Waals surface area (Å²) >= 11 is 0. The molecule has 0 saturated carbocycles. The van der Waals surface area contributed by atoms with Gasteiger partial charge in [0.25, 0.3) is 0 Å². The largest absolute Gasteiger partial charge is 0.468 e. The van der Waals surface area contributed by atoms with E-state index in [9.17, 15) is 14.4 Å². The van der Waals surface area contributed by atoms with E-state index in [1.165, 1.54) is 14.2 Å². The van der Waals surface area contributed by atoms with Gasteiger partial charge >= 0.3 is 11.9 Å². The number of methoxy groups -OCH3 is 2. The number of hydrogen-bond acceptors (Lipinski definition) is 5. The van der Waals surface area contributed by atoms with Gasteiger partial charge in [-0.15, -0.1) is 6.42 Å². The zero-order valence-corrected chi connectivity index (χ0v) is 10.5. The van der Waals surface area contributed by atoms with E-state index in [0.29, 0.717) is 6.42 Å². The molecule has 0 aromatic rings. The predicted molar refractivity (Wildman–Crippen MR) is 64.4 cm³/mol. The number of Topliss-reactive ketones (excluding diaryl/α,β-unsaturated/α-hetero) is 1. The Morgan fingerprint density at radius 2 is 1.72 bits per heavy atom. The molecule has 0 heterocycles. The Hall–Kier alpha value is -2.09. The molecule has 98 valence electrons. The SMILES string of the molecule is C#CC(=O)CC/C=C\CC(C(=O)OC)C(=O)OC. The van der Waals surface area contributed by atoms with Crippen molar-refractivity contribution in [3.05, 3.63) is 12.2 Å². The Kier molecular flexibility index (Phi) is 7.95. The second-order valence-electron chi connectivity index (χ2n) is 3.41. The predicted octanol–water partition coefficient (Wildman–Crippen LogP) is 0.877. The number of esters is 2. The van der Waals surface area contributed by atoms with Gasteiger partial charge in [0.2, 0.25) is 5.78 Å². The zero-order chi connectivity index (χ0) is 14.0. The second kappa shape index (κ2) is 8.99. The van der Waals surface area contributed by atoms with Crippen LogP contribution in [-0.2, 0) is 23.9 Å². The molecule has 0 aliphatic carbocycles. The molecular weight excluding hydrogens is 236 g/mol. The van der Waals surface area contributed by atoms with Gasteiger partial charge in [-0.3, -0.25) is 14.4 Å². The number of ether oxygens (including phenoxy) is 2. The Labute approximate surface area is 106 Å². The van der Waals surface area contributed by atoms with Crippen LogP contribution in [0.2, 0.25) is 0 Å². The van der Waals surface area contributed by atoms with Crippen LogP contribution in [0.25, 0.3) is 0 Å². The summed E-state index contributed by atoms with van der Waals surface area (Å²) in [6.45, 7) is 0. The van der Waals surface area contributed by atoms with Crippen LogP contribution in [0, 0.1) is 18.3 Å². The highest BCUT2D eigenvalue weighted by Crippen LogP contribution is 2.09. The lowest BCUT2D eigenvalue weighted by Crippen LogP contribution is -2.25. The lowest BCUT2D eigenvalue weighted by molar-refractivity contribution is -0.158. The van der Waals surface area contributed by atoms with Crippen LogP contribution in [0.3, 0.4) is 0 Å². The maximum absolute atomic E-state index is 11.3. The van der Waals surface area contributed by atoms with E-state index in [4.69, 9.17) is 6.42 Å². The number of ketones is 1. The van der Waals surface area contributed by atoms with Crippen LogP contribution in [0.4, 0.5) is 0 Å². The first-order valence-electron chi connectivity index (χ1n) is 5.36. The van der Waals surface area contributed by atoms with Crippen LogP contribution in [-0.4, -0.2) is 31.9 Å². The van der Waals surface area contributed by atoms with Crippen LogP contribution in [0.15, 0.2) is 12.2 Å². The summed E-state index contributed by atoms with van der Waals surface area (Å²) in [7, 11) is 2.40. The molecule has 0 unspecified atom stereocenters. The number of hydrogen-bond donors (Lipinski definition) is 0. The molecule has 0 N–H and O–H groups in total. The van der Waals surface area contributed by atoms with Crippen molar-refractivity contribution in [2.45, 2.75) is 19.3 Å². The summed E-state index contributed by atoms with van der Waals surface area (Å²) in [5.41, 5.74) is 0. The standard InChI is InChI=1S/C13H16O5/c1-4-10(14)8-6-5-7-9-11(12(15)17-2)13(16)18-3/h1,5,7,11H,6,8-9H2,2-3H3/b7-5-. The molecule has 0 radical (unpaired) electrons. The Balaban J connectivity index is 4.23. The van der Waals surface area contributed by atoms with Crippen molar-refractivity contribution in [3.63, 3.8) is 0 Å². The van der Waals surface area contributed by atoms with Crippen molar-refractivity contribution in [2.24, 2.45) is 5.92 Å². The fraction of sp³-hybridized carbons (Fsp3) is 0.462. The molecule has 0 aliphatic rings. The van der Waals surface area contributed by atoms with E-state index in [1.807, 2.05) is 5.92 Å². The number of carbonyl (C=O) groups excluding carboxylic acids is 3. The fourth-order valence-corrected chi connectivity index (χ4v) is 1.21. The molecule has 0 bridgehead atoms. The van der Waals surface area contributed by atoms with Crippen LogP contribution in [0.1, 0.15) is 19.3 Å². The van der Waals surface area contributed by atoms with Crippen molar-refractivity contribution in [3.8, 4) is 12.3 Å². The minimum atomic E-state index is -0.973. The number of rotatable bonds is 7. The normalized spacial score (nSPS) is 10.1. The first-order valence-corrected chi connectivity index (χ1v) is 5.36. The first kappa shape index (κ1) is 15.9. The molecule has 0 saturated heterocycles. The van der Waals surface area contributed by atoms with Crippen molar-refractivity contribution >= 4 is 17.7 Å². The minimum Gasteiger partial charge on any atom is -0.468 e. The maximum atomic E-state index is 11.3. The van der Waals surface area contributed by atoms with E-state index < -0.39 is 17.9 Å². The van der Waals surface area contributed by atoms with E-state index in [0.717, 1.165) is 0 Å². The molecule has 5 nitrogen and oxygen atoms in total. The van der Waals surface area contributed by atoms with Crippen molar-refractivity contribution in [1.29, 1.82) is 0 Å². The summed E-state index contributed by atoms with van der Waals surface area (Å²) in [5, 5.41) is 0. The second-order valence-corrected chi connectivity index (χ2v) is 3.41. The molecule has 18 heavy (non-hydrogen) atoms. The molecule has 0 spiro atoms. The fourth-order valence-electron chi connectivity index (χ4n) is 1.21.